The van der Waals surface area contributed by atoms with Crippen molar-refractivity contribution in [1.29, 1.82) is 0 Å². The lowest BCUT2D eigenvalue weighted by atomic mass is 9.96. The van der Waals surface area contributed by atoms with Crippen LogP contribution in [0.15, 0.2) is 42.5 Å². The molecule has 0 spiro atoms. The molecule has 1 atom stereocenters. The number of methoxy groups -OCH3 is 1. The van der Waals surface area contributed by atoms with Crippen molar-refractivity contribution in [2.45, 2.75) is 33.0 Å². The lowest BCUT2D eigenvalue weighted by Crippen LogP contribution is -2.39. The van der Waals surface area contributed by atoms with E-state index in [2.05, 4.69) is 15.4 Å². The molecular formula is C20H23ClF2N2O3. The van der Waals surface area contributed by atoms with Crippen LogP contribution in [-0.2, 0) is 6.54 Å². The summed E-state index contributed by atoms with van der Waals surface area (Å²) in [7, 11) is 1.36. The van der Waals surface area contributed by atoms with Crippen LogP contribution < -0.4 is 20.1 Å². The highest BCUT2D eigenvalue weighted by Crippen LogP contribution is 2.29. The Balaban J connectivity index is 1.99. The molecule has 0 fully saturated rings. The van der Waals surface area contributed by atoms with Crippen LogP contribution in [0.2, 0.25) is 5.02 Å². The van der Waals surface area contributed by atoms with Crippen molar-refractivity contribution in [3.63, 3.8) is 0 Å². The van der Waals surface area contributed by atoms with Crippen molar-refractivity contribution < 1.29 is 23.0 Å². The molecule has 0 saturated carbocycles. The van der Waals surface area contributed by atoms with Crippen LogP contribution in [0.1, 0.15) is 31.0 Å². The molecule has 0 aromatic heterocycles. The zero-order valence-corrected chi connectivity index (χ0v) is 16.6. The number of rotatable bonds is 8. The first-order chi connectivity index (χ1) is 13.3. The third-order valence-corrected chi connectivity index (χ3v) is 4.33. The first-order valence-electron chi connectivity index (χ1n) is 8.71. The molecule has 5 nitrogen and oxygen atoms in total. The Kier molecular flexibility index (Phi) is 7.87. The maximum absolute atomic E-state index is 12.4. The molecule has 2 amide bonds. The smallest absolute Gasteiger partial charge is 0.387 e. The molecule has 2 rings (SSSR count). The van der Waals surface area contributed by atoms with E-state index < -0.39 is 6.61 Å². The predicted molar refractivity (Wildman–Crippen MR) is 104 cm³/mol. The SMILES string of the molecule is COc1cc(CNC(=O)NC(c2ccc(Cl)cc2)C(C)C)ccc1OC(F)F. The first-order valence-corrected chi connectivity index (χ1v) is 9.09. The lowest BCUT2D eigenvalue weighted by Gasteiger charge is -2.23. The number of amides is 2. The van der Waals surface area contributed by atoms with E-state index >= 15 is 0 Å². The van der Waals surface area contributed by atoms with Crippen molar-refractivity contribution in [3.05, 3.63) is 58.6 Å². The molecule has 2 aromatic carbocycles. The maximum Gasteiger partial charge on any atom is 0.387 e. The van der Waals surface area contributed by atoms with Gasteiger partial charge in [-0.25, -0.2) is 4.79 Å². The summed E-state index contributed by atoms with van der Waals surface area (Å²) in [6.07, 6.45) is 0. The van der Waals surface area contributed by atoms with Crippen LogP contribution in [0.25, 0.3) is 0 Å². The van der Waals surface area contributed by atoms with Crippen LogP contribution in [0.3, 0.4) is 0 Å². The van der Waals surface area contributed by atoms with Gasteiger partial charge in [0.1, 0.15) is 0 Å². The summed E-state index contributed by atoms with van der Waals surface area (Å²) in [6.45, 7) is 1.27. The number of nitrogens with one attached hydrogen (secondary N) is 2. The van der Waals surface area contributed by atoms with Gasteiger partial charge in [-0.15, -0.1) is 0 Å². The highest BCUT2D eigenvalue weighted by molar-refractivity contribution is 6.30. The van der Waals surface area contributed by atoms with E-state index in [4.69, 9.17) is 16.3 Å². The summed E-state index contributed by atoms with van der Waals surface area (Å²) in [5.74, 6) is 0.271. The van der Waals surface area contributed by atoms with Gasteiger partial charge in [0.15, 0.2) is 11.5 Å². The number of halogens is 3. The van der Waals surface area contributed by atoms with Crippen LogP contribution in [0.5, 0.6) is 11.5 Å². The van der Waals surface area contributed by atoms with Gasteiger partial charge in [0, 0.05) is 11.6 Å². The number of carbonyl (C=O) groups is 1. The van der Waals surface area contributed by atoms with Crippen molar-refractivity contribution >= 4 is 17.6 Å². The second kappa shape index (κ2) is 10.1. The largest absolute Gasteiger partial charge is 0.493 e. The van der Waals surface area contributed by atoms with Gasteiger partial charge in [0.2, 0.25) is 0 Å². The number of urea groups is 1. The fourth-order valence-electron chi connectivity index (χ4n) is 2.69. The Labute approximate surface area is 168 Å². The summed E-state index contributed by atoms with van der Waals surface area (Å²) < 4.78 is 34.2. The van der Waals surface area contributed by atoms with E-state index in [0.717, 1.165) is 5.56 Å². The lowest BCUT2D eigenvalue weighted by molar-refractivity contribution is -0.0512. The first kappa shape index (κ1) is 21.8. The van der Waals surface area contributed by atoms with Gasteiger partial charge in [-0.2, -0.15) is 8.78 Å². The van der Waals surface area contributed by atoms with E-state index in [-0.39, 0.29) is 36.0 Å². The normalized spacial score (nSPS) is 12.0. The summed E-state index contributed by atoms with van der Waals surface area (Å²) in [5, 5.41) is 6.33. The van der Waals surface area contributed by atoms with Gasteiger partial charge < -0.3 is 20.1 Å². The second-order valence-corrected chi connectivity index (χ2v) is 6.90. The third kappa shape index (κ3) is 6.27. The quantitative estimate of drug-likeness (QED) is 0.630. The molecule has 0 aliphatic carbocycles. The Hall–Kier alpha value is -2.54. The van der Waals surface area contributed by atoms with E-state index in [0.29, 0.717) is 10.6 Å². The number of ether oxygens (including phenoxy) is 2. The fourth-order valence-corrected chi connectivity index (χ4v) is 2.82. The molecule has 8 heteroatoms. The molecule has 2 N–H and O–H groups in total. The minimum Gasteiger partial charge on any atom is -0.493 e. The van der Waals surface area contributed by atoms with Crippen molar-refractivity contribution in [2.24, 2.45) is 5.92 Å². The molecule has 28 heavy (non-hydrogen) atoms. The zero-order valence-electron chi connectivity index (χ0n) is 15.8. The number of carbonyl (C=O) groups excluding carboxylic acids is 1. The summed E-state index contributed by atoms with van der Waals surface area (Å²) in [4.78, 5) is 12.3. The van der Waals surface area contributed by atoms with Gasteiger partial charge >= 0.3 is 12.6 Å². The Morgan fingerprint density at radius 3 is 2.36 bits per heavy atom. The number of hydrogen-bond acceptors (Lipinski definition) is 3. The van der Waals surface area contributed by atoms with E-state index in [9.17, 15) is 13.6 Å². The second-order valence-electron chi connectivity index (χ2n) is 6.46. The Morgan fingerprint density at radius 2 is 1.79 bits per heavy atom. The Morgan fingerprint density at radius 1 is 1.11 bits per heavy atom. The van der Waals surface area contributed by atoms with E-state index in [1.54, 1.807) is 18.2 Å². The third-order valence-electron chi connectivity index (χ3n) is 4.08. The van der Waals surface area contributed by atoms with Crippen molar-refractivity contribution in [2.75, 3.05) is 7.11 Å². The van der Waals surface area contributed by atoms with Gasteiger partial charge in [-0.3, -0.25) is 0 Å². The van der Waals surface area contributed by atoms with Crippen LogP contribution in [0, 0.1) is 5.92 Å². The molecule has 2 aromatic rings. The molecule has 0 heterocycles. The minimum absolute atomic E-state index is 0.0617. The van der Waals surface area contributed by atoms with Crippen molar-refractivity contribution in [3.8, 4) is 11.5 Å². The molecule has 0 bridgehead atoms. The van der Waals surface area contributed by atoms with Crippen LogP contribution >= 0.6 is 11.6 Å². The zero-order chi connectivity index (χ0) is 20.7. The number of alkyl halides is 2. The standard InChI is InChI=1S/C20H23ClF2N2O3/c1-12(2)18(14-5-7-15(21)8-6-14)25-20(26)24-11-13-4-9-16(28-19(22)23)17(10-13)27-3/h4-10,12,18-19H,11H2,1-3H3,(H2,24,25,26). The summed E-state index contributed by atoms with van der Waals surface area (Å²) in [6, 6.07) is 11.3. The molecule has 0 saturated heterocycles. The molecular weight excluding hydrogens is 390 g/mol. The Bertz CT molecular complexity index is 786. The average molecular weight is 413 g/mol. The molecule has 1 unspecified atom stereocenters. The topological polar surface area (TPSA) is 59.6 Å². The minimum atomic E-state index is -2.94. The van der Waals surface area contributed by atoms with Gasteiger partial charge in [-0.05, 0) is 41.3 Å². The van der Waals surface area contributed by atoms with Crippen LogP contribution in [-0.4, -0.2) is 19.8 Å². The molecule has 152 valence electrons. The number of benzene rings is 2. The summed E-state index contributed by atoms with van der Waals surface area (Å²) >= 11 is 5.92. The fraction of sp³-hybridized carbons (Fsp3) is 0.350. The number of hydrogen-bond donors (Lipinski definition) is 2. The monoisotopic (exact) mass is 412 g/mol. The van der Waals surface area contributed by atoms with E-state index in [1.807, 2.05) is 26.0 Å². The highest BCUT2D eigenvalue weighted by atomic mass is 35.5. The van der Waals surface area contributed by atoms with E-state index in [1.165, 1.54) is 19.2 Å². The molecule has 0 aliphatic heterocycles. The molecule has 0 aliphatic rings. The van der Waals surface area contributed by atoms with Gasteiger partial charge in [0.25, 0.3) is 0 Å². The average Bonchev–Trinajstić information content (AvgIpc) is 2.65. The van der Waals surface area contributed by atoms with Crippen LogP contribution in [0.4, 0.5) is 13.6 Å². The molecule has 0 radical (unpaired) electrons. The van der Waals surface area contributed by atoms with Gasteiger partial charge in [-0.1, -0.05) is 43.6 Å². The van der Waals surface area contributed by atoms with Crippen molar-refractivity contribution in [1.82, 2.24) is 10.6 Å². The highest BCUT2D eigenvalue weighted by Gasteiger charge is 2.18. The maximum atomic E-state index is 12.4. The predicted octanol–water partition coefficient (Wildman–Crippen LogP) is 5.15. The summed E-state index contributed by atoms with van der Waals surface area (Å²) in [5.41, 5.74) is 1.63. The van der Waals surface area contributed by atoms with Gasteiger partial charge in [0.05, 0.1) is 13.2 Å².